The highest BCUT2D eigenvalue weighted by molar-refractivity contribution is 6.30. The number of benzene rings is 2. The summed E-state index contributed by atoms with van der Waals surface area (Å²) in [6.07, 6.45) is 13.9. The van der Waals surface area contributed by atoms with Crippen LogP contribution in [0.15, 0.2) is 48.5 Å². The Morgan fingerprint density at radius 3 is 1.71 bits per heavy atom. The lowest BCUT2D eigenvalue weighted by Gasteiger charge is -2.12. The van der Waals surface area contributed by atoms with E-state index in [2.05, 4.69) is 19.1 Å². The quantitative estimate of drug-likeness (QED) is 0.0966. The van der Waals surface area contributed by atoms with Crippen molar-refractivity contribution in [1.82, 2.24) is 0 Å². The van der Waals surface area contributed by atoms with Crippen molar-refractivity contribution in [2.24, 2.45) is 5.92 Å². The number of unbranched alkanes of at least 4 members (excludes halogenated alkanes) is 9. The Morgan fingerprint density at radius 2 is 1.21 bits per heavy atom. The topological polar surface area (TPSA) is 35.5 Å². The van der Waals surface area contributed by atoms with Crippen molar-refractivity contribution in [3.05, 3.63) is 48.5 Å². The first kappa shape index (κ1) is 28.2. The monoisotopic (exact) mass is 486 g/mol. The van der Waals surface area contributed by atoms with Gasteiger partial charge in [0, 0.05) is 0 Å². The molecule has 0 N–H and O–H groups in total. The maximum atomic E-state index is 12.1. The predicted molar refractivity (Wildman–Crippen MR) is 144 cm³/mol. The molecule has 0 saturated heterocycles. The van der Waals surface area contributed by atoms with Crippen molar-refractivity contribution < 1.29 is 14.3 Å². The van der Waals surface area contributed by atoms with E-state index in [0.29, 0.717) is 18.1 Å². The van der Waals surface area contributed by atoms with Gasteiger partial charge in [-0.15, -0.1) is 11.6 Å². The van der Waals surface area contributed by atoms with Gasteiger partial charge in [0.2, 0.25) is 0 Å². The zero-order valence-corrected chi connectivity index (χ0v) is 22.1. The molecule has 4 heteroatoms. The molecule has 188 valence electrons. The van der Waals surface area contributed by atoms with E-state index in [-0.39, 0.29) is 0 Å². The average Bonchev–Trinajstić information content (AvgIpc) is 2.83. The van der Waals surface area contributed by atoms with E-state index < -0.39 is 11.3 Å². The van der Waals surface area contributed by atoms with Gasteiger partial charge in [0.15, 0.2) is 0 Å². The average molecular weight is 487 g/mol. The summed E-state index contributed by atoms with van der Waals surface area (Å²) in [6, 6.07) is 15.7. The molecule has 2 aromatic rings. The molecule has 3 nitrogen and oxygen atoms in total. The molecular weight excluding hydrogens is 444 g/mol. The second-order valence-corrected chi connectivity index (χ2v) is 10.1. The fourth-order valence-electron chi connectivity index (χ4n) is 3.93. The first-order valence-electron chi connectivity index (χ1n) is 13.2. The standard InChI is InChI=1S/C30H43ClO3/c1-4-5-6-7-8-9-10-11-12-13-22-33-27-18-14-25(15-19-27)26-16-20-28(21-17-26)34-30(32)29(31)23-24(2)3/h14-21,24,29H,4-13,22-23H2,1-3H3. The summed E-state index contributed by atoms with van der Waals surface area (Å²) in [6.45, 7) is 7.11. The molecule has 2 rings (SSSR count). The van der Waals surface area contributed by atoms with Gasteiger partial charge >= 0.3 is 5.97 Å². The highest BCUT2D eigenvalue weighted by Crippen LogP contribution is 2.25. The third-order valence-electron chi connectivity index (χ3n) is 5.96. The zero-order chi connectivity index (χ0) is 24.6. The molecule has 0 radical (unpaired) electrons. The summed E-state index contributed by atoms with van der Waals surface area (Å²) < 4.78 is 11.3. The van der Waals surface area contributed by atoms with Crippen LogP contribution in [0.4, 0.5) is 0 Å². The highest BCUT2D eigenvalue weighted by atomic mass is 35.5. The van der Waals surface area contributed by atoms with Crippen molar-refractivity contribution in [1.29, 1.82) is 0 Å². The number of hydrogen-bond donors (Lipinski definition) is 0. The molecule has 1 atom stereocenters. The Labute approximate surface area is 212 Å². The van der Waals surface area contributed by atoms with Crippen LogP contribution in [0.3, 0.4) is 0 Å². The van der Waals surface area contributed by atoms with Gasteiger partial charge in [0.1, 0.15) is 16.9 Å². The lowest BCUT2D eigenvalue weighted by molar-refractivity contribution is -0.134. The van der Waals surface area contributed by atoms with E-state index in [4.69, 9.17) is 21.1 Å². The van der Waals surface area contributed by atoms with Crippen LogP contribution < -0.4 is 9.47 Å². The number of alkyl halides is 1. The van der Waals surface area contributed by atoms with Gasteiger partial charge in [-0.1, -0.05) is 103 Å². The van der Waals surface area contributed by atoms with Crippen LogP contribution in [-0.4, -0.2) is 18.0 Å². The number of carbonyl (C=O) groups excluding carboxylic acids is 1. The SMILES string of the molecule is CCCCCCCCCCCCOc1ccc(-c2ccc(OC(=O)C(Cl)CC(C)C)cc2)cc1. The summed E-state index contributed by atoms with van der Waals surface area (Å²) in [7, 11) is 0. The summed E-state index contributed by atoms with van der Waals surface area (Å²) in [5.74, 6) is 1.37. The van der Waals surface area contributed by atoms with Crippen LogP contribution in [-0.2, 0) is 4.79 Å². The Balaban J connectivity index is 1.66. The number of hydrogen-bond acceptors (Lipinski definition) is 3. The van der Waals surface area contributed by atoms with Gasteiger partial charge in [-0.3, -0.25) is 4.79 Å². The maximum absolute atomic E-state index is 12.1. The Hall–Kier alpha value is -2.00. The zero-order valence-electron chi connectivity index (χ0n) is 21.4. The number of esters is 1. The minimum atomic E-state index is -0.618. The maximum Gasteiger partial charge on any atom is 0.329 e. The molecule has 0 spiro atoms. The van der Waals surface area contributed by atoms with Crippen LogP contribution >= 0.6 is 11.6 Å². The lowest BCUT2D eigenvalue weighted by atomic mass is 10.1. The highest BCUT2D eigenvalue weighted by Gasteiger charge is 2.19. The van der Waals surface area contributed by atoms with Crippen LogP contribution in [0, 0.1) is 5.92 Å². The van der Waals surface area contributed by atoms with Crippen molar-refractivity contribution in [3.8, 4) is 22.6 Å². The number of ether oxygens (including phenoxy) is 2. The first-order valence-corrected chi connectivity index (χ1v) is 13.6. The first-order chi connectivity index (χ1) is 16.5. The third-order valence-corrected chi connectivity index (χ3v) is 6.32. The third kappa shape index (κ3) is 11.4. The molecule has 2 aromatic carbocycles. The molecule has 0 amide bonds. The molecule has 0 aliphatic carbocycles. The van der Waals surface area contributed by atoms with Crippen molar-refractivity contribution in [2.75, 3.05) is 6.61 Å². The fraction of sp³-hybridized carbons (Fsp3) is 0.567. The smallest absolute Gasteiger partial charge is 0.329 e. The Bertz CT molecular complexity index is 799. The van der Waals surface area contributed by atoms with Crippen LogP contribution in [0.25, 0.3) is 11.1 Å². The van der Waals surface area contributed by atoms with Gasteiger partial charge in [-0.2, -0.15) is 0 Å². The number of carbonyl (C=O) groups is 1. The Morgan fingerprint density at radius 1 is 0.735 bits per heavy atom. The molecule has 0 bridgehead atoms. The van der Waals surface area contributed by atoms with E-state index in [1.54, 1.807) is 0 Å². The molecule has 34 heavy (non-hydrogen) atoms. The van der Waals surface area contributed by atoms with E-state index in [9.17, 15) is 4.79 Å². The minimum absolute atomic E-state index is 0.347. The minimum Gasteiger partial charge on any atom is -0.494 e. The second kappa shape index (κ2) is 16.6. The summed E-state index contributed by atoms with van der Waals surface area (Å²) >= 11 is 6.12. The Kier molecular flexibility index (Phi) is 13.8. The fourth-order valence-corrected chi connectivity index (χ4v) is 4.33. The predicted octanol–water partition coefficient (Wildman–Crippen LogP) is 9.21. The van der Waals surface area contributed by atoms with Gasteiger partial charge in [0.05, 0.1) is 6.61 Å². The number of rotatable bonds is 17. The molecule has 0 aromatic heterocycles. The molecule has 0 saturated carbocycles. The van der Waals surface area contributed by atoms with E-state index >= 15 is 0 Å². The number of halogens is 1. The largest absolute Gasteiger partial charge is 0.494 e. The van der Waals surface area contributed by atoms with Gasteiger partial charge < -0.3 is 9.47 Å². The molecule has 1 unspecified atom stereocenters. The summed E-state index contributed by atoms with van der Waals surface area (Å²) in [5.41, 5.74) is 2.16. The molecule has 0 aliphatic rings. The van der Waals surface area contributed by atoms with E-state index in [1.807, 2.05) is 50.2 Å². The second-order valence-electron chi connectivity index (χ2n) is 9.60. The van der Waals surface area contributed by atoms with Crippen molar-refractivity contribution >= 4 is 17.6 Å². The lowest BCUT2D eigenvalue weighted by Crippen LogP contribution is -2.22. The van der Waals surface area contributed by atoms with Gasteiger partial charge in [-0.05, 0) is 54.2 Å². The summed E-state index contributed by atoms with van der Waals surface area (Å²) in [4.78, 5) is 12.1. The normalized spacial score (nSPS) is 12.0. The molecule has 0 fully saturated rings. The van der Waals surface area contributed by atoms with Crippen LogP contribution in [0.5, 0.6) is 11.5 Å². The van der Waals surface area contributed by atoms with Crippen LogP contribution in [0.1, 0.15) is 91.4 Å². The molecule has 0 aliphatic heterocycles. The van der Waals surface area contributed by atoms with Crippen molar-refractivity contribution in [3.63, 3.8) is 0 Å². The van der Waals surface area contributed by atoms with E-state index in [0.717, 1.165) is 29.9 Å². The van der Waals surface area contributed by atoms with Gasteiger partial charge in [0.25, 0.3) is 0 Å². The molecule has 0 heterocycles. The van der Waals surface area contributed by atoms with Crippen LogP contribution in [0.2, 0.25) is 0 Å². The molecular formula is C30H43ClO3. The van der Waals surface area contributed by atoms with Crippen molar-refractivity contribution in [2.45, 2.75) is 96.8 Å². The van der Waals surface area contributed by atoms with E-state index in [1.165, 1.54) is 57.8 Å². The summed E-state index contributed by atoms with van der Waals surface area (Å²) in [5, 5.41) is -0.618. The van der Waals surface area contributed by atoms with Gasteiger partial charge in [-0.25, -0.2) is 0 Å².